The molecule has 1 aliphatic rings. The molecule has 3 heteroatoms. The average Bonchev–Trinajstić information content (AvgIpc) is 3.00. The molecule has 0 radical (unpaired) electrons. The van der Waals surface area contributed by atoms with E-state index in [9.17, 15) is 4.79 Å². The average molecular weight is 222 g/mol. The Labute approximate surface area is 93.7 Å². The number of rotatable bonds is 4. The first-order chi connectivity index (χ1) is 7.16. The second-order valence-corrected chi connectivity index (χ2v) is 4.99. The zero-order valence-electron chi connectivity index (χ0n) is 8.69. The maximum absolute atomic E-state index is 11.0. The van der Waals surface area contributed by atoms with Crippen molar-refractivity contribution in [2.75, 3.05) is 6.26 Å². The molecular formula is C12H14O2S. The standard InChI is InChI=1S/C12H14O2S/c1-15-10-4-2-9(3-5-10)8-12(6-7-12)11(13)14/h2-5H,6-8H2,1H3,(H,13,14). The van der Waals surface area contributed by atoms with E-state index in [-0.39, 0.29) is 0 Å². The smallest absolute Gasteiger partial charge is 0.309 e. The molecule has 2 rings (SSSR count). The van der Waals surface area contributed by atoms with Crippen LogP contribution in [0.2, 0.25) is 0 Å². The monoisotopic (exact) mass is 222 g/mol. The molecule has 1 aromatic rings. The van der Waals surface area contributed by atoms with Crippen LogP contribution in [0.25, 0.3) is 0 Å². The molecule has 1 aliphatic carbocycles. The van der Waals surface area contributed by atoms with Crippen molar-refractivity contribution in [3.8, 4) is 0 Å². The first-order valence-corrected chi connectivity index (χ1v) is 6.25. The van der Waals surface area contributed by atoms with Crippen LogP contribution in [0.3, 0.4) is 0 Å². The summed E-state index contributed by atoms with van der Waals surface area (Å²) in [6.07, 6.45) is 4.37. The summed E-state index contributed by atoms with van der Waals surface area (Å²) >= 11 is 1.70. The van der Waals surface area contributed by atoms with Gasteiger partial charge in [0.25, 0.3) is 0 Å². The highest BCUT2D eigenvalue weighted by Crippen LogP contribution is 2.48. The van der Waals surface area contributed by atoms with Gasteiger partial charge in [-0.2, -0.15) is 0 Å². The predicted molar refractivity (Wildman–Crippen MR) is 61.2 cm³/mol. The van der Waals surface area contributed by atoms with Crippen LogP contribution in [0, 0.1) is 5.41 Å². The van der Waals surface area contributed by atoms with E-state index < -0.39 is 11.4 Å². The zero-order chi connectivity index (χ0) is 10.9. The van der Waals surface area contributed by atoms with Gasteiger partial charge in [-0.1, -0.05) is 12.1 Å². The summed E-state index contributed by atoms with van der Waals surface area (Å²) in [4.78, 5) is 12.2. The van der Waals surface area contributed by atoms with E-state index in [0.29, 0.717) is 6.42 Å². The van der Waals surface area contributed by atoms with Gasteiger partial charge < -0.3 is 5.11 Å². The minimum Gasteiger partial charge on any atom is -0.481 e. The highest BCUT2D eigenvalue weighted by Gasteiger charge is 2.49. The maximum Gasteiger partial charge on any atom is 0.309 e. The Morgan fingerprint density at radius 2 is 2.00 bits per heavy atom. The van der Waals surface area contributed by atoms with Gasteiger partial charge in [0.15, 0.2) is 0 Å². The molecule has 1 saturated carbocycles. The molecule has 0 aromatic heterocycles. The van der Waals surface area contributed by atoms with Crippen molar-refractivity contribution in [3.63, 3.8) is 0 Å². The SMILES string of the molecule is CSc1ccc(CC2(C(=O)O)CC2)cc1. The summed E-state index contributed by atoms with van der Waals surface area (Å²) in [5.74, 6) is -0.642. The van der Waals surface area contributed by atoms with Crippen LogP contribution in [0.15, 0.2) is 29.2 Å². The van der Waals surface area contributed by atoms with Gasteiger partial charge in [-0.05, 0) is 43.2 Å². The fraction of sp³-hybridized carbons (Fsp3) is 0.417. The number of aliphatic carboxylic acids is 1. The summed E-state index contributed by atoms with van der Waals surface area (Å²) in [6.45, 7) is 0. The van der Waals surface area contributed by atoms with E-state index in [4.69, 9.17) is 5.11 Å². The molecule has 1 aromatic carbocycles. The molecule has 0 amide bonds. The number of carboxylic acids is 1. The molecule has 0 heterocycles. The first kappa shape index (κ1) is 10.6. The minimum atomic E-state index is -0.642. The van der Waals surface area contributed by atoms with E-state index in [2.05, 4.69) is 12.1 Å². The molecule has 1 N–H and O–H groups in total. The molecule has 15 heavy (non-hydrogen) atoms. The number of hydrogen-bond donors (Lipinski definition) is 1. The molecule has 0 unspecified atom stereocenters. The van der Waals surface area contributed by atoms with Crippen LogP contribution in [-0.4, -0.2) is 17.3 Å². The Hall–Kier alpha value is -0.960. The normalized spacial score (nSPS) is 17.4. The fourth-order valence-corrected chi connectivity index (χ4v) is 2.16. The molecule has 0 bridgehead atoms. The second kappa shape index (κ2) is 3.89. The number of thioether (sulfide) groups is 1. The molecule has 2 nitrogen and oxygen atoms in total. The topological polar surface area (TPSA) is 37.3 Å². The highest BCUT2D eigenvalue weighted by molar-refractivity contribution is 7.98. The van der Waals surface area contributed by atoms with E-state index in [1.807, 2.05) is 18.4 Å². The van der Waals surface area contributed by atoms with Crippen LogP contribution >= 0.6 is 11.8 Å². The van der Waals surface area contributed by atoms with E-state index >= 15 is 0 Å². The summed E-state index contributed by atoms with van der Waals surface area (Å²) in [5.41, 5.74) is 0.689. The lowest BCUT2D eigenvalue weighted by Crippen LogP contribution is -2.17. The van der Waals surface area contributed by atoms with Crippen LogP contribution < -0.4 is 0 Å². The van der Waals surface area contributed by atoms with Gasteiger partial charge in [-0.25, -0.2) is 0 Å². The summed E-state index contributed by atoms with van der Waals surface area (Å²) in [7, 11) is 0. The van der Waals surface area contributed by atoms with Gasteiger partial charge in [0.2, 0.25) is 0 Å². The second-order valence-electron chi connectivity index (χ2n) is 4.11. The highest BCUT2D eigenvalue weighted by atomic mass is 32.2. The fourth-order valence-electron chi connectivity index (χ4n) is 1.75. The summed E-state index contributed by atoms with van der Waals surface area (Å²) in [5, 5.41) is 9.06. The molecule has 1 fully saturated rings. The quantitative estimate of drug-likeness (QED) is 0.796. The van der Waals surface area contributed by atoms with Crippen LogP contribution in [0.5, 0.6) is 0 Å². The van der Waals surface area contributed by atoms with Crippen molar-refractivity contribution in [1.82, 2.24) is 0 Å². The molecule has 80 valence electrons. The Kier molecular flexibility index (Phi) is 2.74. The lowest BCUT2D eigenvalue weighted by Gasteiger charge is -2.09. The number of carbonyl (C=O) groups is 1. The van der Waals surface area contributed by atoms with Crippen molar-refractivity contribution in [2.45, 2.75) is 24.2 Å². The van der Waals surface area contributed by atoms with E-state index in [1.54, 1.807) is 11.8 Å². The predicted octanol–water partition coefficient (Wildman–Crippen LogP) is 2.82. The summed E-state index contributed by atoms with van der Waals surface area (Å²) < 4.78 is 0. The van der Waals surface area contributed by atoms with Crippen molar-refractivity contribution < 1.29 is 9.90 Å². The Morgan fingerprint density at radius 1 is 1.40 bits per heavy atom. The van der Waals surface area contributed by atoms with Crippen molar-refractivity contribution >= 4 is 17.7 Å². The first-order valence-electron chi connectivity index (χ1n) is 5.03. The lowest BCUT2D eigenvalue weighted by molar-refractivity contribution is -0.143. The molecule has 0 aliphatic heterocycles. The maximum atomic E-state index is 11.0. The van der Waals surface area contributed by atoms with Gasteiger partial charge in [0.1, 0.15) is 0 Å². The molecule has 0 atom stereocenters. The molecular weight excluding hydrogens is 208 g/mol. The van der Waals surface area contributed by atoms with Gasteiger partial charge in [-0.15, -0.1) is 11.8 Å². The third-order valence-electron chi connectivity index (χ3n) is 3.01. The molecule has 0 saturated heterocycles. The van der Waals surface area contributed by atoms with Gasteiger partial charge >= 0.3 is 5.97 Å². The van der Waals surface area contributed by atoms with Crippen LogP contribution in [0.4, 0.5) is 0 Å². The Morgan fingerprint density at radius 3 is 2.40 bits per heavy atom. The molecule has 0 spiro atoms. The number of carboxylic acid groups (broad SMARTS) is 1. The van der Waals surface area contributed by atoms with Crippen molar-refractivity contribution in [2.24, 2.45) is 5.41 Å². The lowest BCUT2D eigenvalue weighted by atomic mass is 9.97. The van der Waals surface area contributed by atoms with Crippen molar-refractivity contribution in [1.29, 1.82) is 0 Å². The zero-order valence-corrected chi connectivity index (χ0v) is 9.51. The summed E-state index contributed by atoms with van der Waals surface area (Å²) in [6, 6.07) is 8.18. The third-order valence-corrected chi connectivity index (χ3v) is 3.75. The number of hydrogen-bond acceptors (Lipinski definition) is 2. The van der Waals surface area contributed by atoms with Gasteiger partial charge in [0.05, 0.1) is 5.41 Å². The van der Waals surface area contributed by atoms with Gasteiger partial charge in [0, 0.05) is 4.90 Å². The number of benzene rings is 1. The minimum absolute atomic E-state index is 0.444. The van der Waals surface area contributed by atoms with Gasteiger partial charge in [-0.3, -0.25) is 4.79 Å². The van der Waals surface area contributed by atoms with E-state index in [0.717, 1.165) is 18.4 Å². The van der Waals surface area contributed by atoms with E-state index in [1.165, 1.54) is 4.90 Å². The van der Waals surface area contributed by atoms with Crippen LogP contribution in [-0.2, 0) is 11.2 Å². The Balaban J connectivity index is 2.08. The van der Waals surface area contributed by atoms with Crippen LogP contribution in [0.1, 0.15) is 18.4 Å². The largest absolute Gasteiger partial charge is 0.481 e. The Bertz CT molecular complexity index is 366. The third kappa shape index (κ3) is 2.17. The van der Waals surface area contributed by atoms with Crippen molar-refractivity contribution in [3.05, 3.63) is 29.8 Å².